The number of nitrogens with zero attached hydrogens (tertiary/aromatic N) is 4. The van der Waals surface area contributed by atoms with Gasteiger partial charge in [0.1, 0.15) is 5.69 Å². The lowest BCUT2D eigenvalue weighted by Crippen LogP contribution is -1.84. The third-order valence-electron chi connectivity index (χ3n) is 5.16. The highest BCUT2D eigenvalue weighted by Gasteiger charge is 2.16. The van der Waals surface area contributed by atoms with Crippen LogP contribution in [0.5, 0.6) is 0 Å². The largest absolute Gasteiger partial charge is 0.337 e. The summed E-state index contributed by atoms with van der Waals surface area (Å²) in [5.74, 6) is 0.748. The molecule has 2 N–H and O–H groups in total. The number of hydrogen-bond acceptors (Lipinski definition) is 5. The fourth-order valence-corrected chi connectivity index (χ4v) is 4.59. The number of pyridine rings is 2. The Kier molecular flexibility index (Phi) is 3.75. The zero-order valence-electron chi connectivity index (χ0n) is 16.0. The Labute approximate surface area is 175 Å². The molecule has 5 aromatic heterocycles. The van der Waals surface area contributed by atoms with Gasteiger partial charge in [0.2, 0.25) is 0 Å². The van der Waals surface area contributed by atoms with E-state index < -0.39 is 0 Å². The first-order valence-electron chi connectivity index (χ1n) is 9.57. The van der Waals surface area contributed by atoms with Crippen LogP contribution in [0.3, 0.4) is 0 Å². The van der Waals surface area contributed by atoms with Crippen molar-refractivity contribution < 1.29 is 0 Å². The number of fused-ring (bicyclic) bond motifs is 2. The van der Waals surface area contributed by atoms with E-state index in [9.17, 15) is 0 Å². The number of aryl methyl sites for hydroxylation is 1. The molecule has 144 valence electrons. The quantitative estimate of drug-likeness (QED) is 0.399. The molecule has 5 heterocycles. The normalized spacial score (nSPS) is 11.5. The molecule has 0 bridgehead atoms. The first-order valence-corrected chi connectivity index (χ1v) is 10.4. The number of aromatic amines is 2. The van der Waals surface area contributed by atoms with E-state index in [0.29, 0.717) is 5.65 Å². The van der Waals surface area contributed by atoms with Crippen LogP contribution in [0.15, 0.2) is 67.1 Å². The van der Waals surface area contributed by atoms with Crippen LogP contribution in [-0.2, 0) is 0 Å². The zero-order chi connectivity index (χ0) is 20.1. The first kappa shape index (κ1) is 17.1. The molecule has 1 aromatic carbocycles. The topological polar surface area (TPSA) is 83.1 Å². The zero-order valence-corrected chi connectivity index (χ0v) is 16.9. The first-order chi connectivity index (χ1) is 14.8. The molecule has 0 unspecified atom stereocenters. The number of para-hydroxylation sites is 1. The summed E-state index contributed by atoms with van der Waals surface area (Å²) in [5.41, 5.74) is 6.57. The number of H-pyrrole nitrogens is 2. The molecule has 0 aliphatic heterocycles. The van der Waals surface area contributed by atoms with Gasteiger partial charge in [-0.1, -0.05) is 18.2 Å². The van der Waals surface area contributed by atoms with Crippen LogP contribution < -0.4 is 0 Å². The predicted octanol–water partition coefficient (Wildman–Crippen LogP) is 5.60. The maximum absolute atomic E-state index is 4.93. The number of rotatable bonds is 3. The van der Waals surface area contributed by atoms with Gasteiger partial charge in [0.05, 0.1) is 16.4 Å². The van der Waals surface area contributed by atoms with Gasteiger partial charge in [0.15, 0.2) is 11.5 Å². The smallest absolute Gasteiger partial charge is 0.181 e. The molecule has 6 aromatic rings. The molecule has 0 aliphatic carbocycles. The van der Waals surface area contributed by atoms with Crippen LogP contribution in [0.25, 0.3) is 55.2 Å². The van der Waals surface area contributed by atoms with E-state index in [0.717, 1.165) is 44.6 Å². The Morgan fingerprint density at radius 3 is 2.77 bits per heavy atom. The lowest BCUT2D eigenvalue weighted by atomic mass is 10.1. The summed E-state index contributed by atoms with van der Waals surface area (Å²) in [6, 6.07) is 16.5. The molecule has 6 nitrogen and oxygen atoms in total. The minimum Gasteiger partial charge on any atom is -0.337 e. The van der Waals surface area contributed by atoms with Crippen LogP contribution in [0.4, 0.5) is 0 Å². The minimum absolute atomic E-state index is 0.659. The van der Waals surface area contributed by atoms with E-state index in [1.807, 2.05) is 30.6 Å². The summed E-state index contributed by atoms with van der Waals surface area (Å²) in [5, 5.41) is 8.41. The van der Waals surface area contributed by atoms with Crippen molar-refractivity contribution in [3.8, 4) is 33.1 Å². The predicted molar refractivity (Wildman–Crippen MR) is 120 cm³/mol. The molecule has 6 rings (SSSR count). The van der Waals surface area contributed by atoms with Gasteiger partial charge in [-0.3, -0.25) is 10.1 Å². The van der Waals surface area contributed by atoms with Crippen molar-refractivity contribution in [1.29, 1.82) is 0 Å². The van der Waals surface area contributed by atoms with Gasteiger partial charge in [-0.25, -0.2) is 9.97 Å². The Morgan fingerprint density at radius 1 is 0.967 bits per heavy atom. The number of benzene rings is 1. The monoisotopic (exact) mass is 408 g/mol. The second-order valence-corrected chi connectivity index (χ2v) is 8.42. The lowest BCUT2D eigenvalue weighted by molar-refractivity contribution is 1.09. The highest BCUT2D eigenvalue weighted by molar-refractivity contribution is 7.15. The molecular formula is C23H16N6S. The van der Waals surface area contributed by atoms with Crippen molar-refractivity contribution in [2.24, 2.45) is 0 Å². The van der Waals surface area contributed by atoms with Crippen molar-refractivity contribution in [3.05, 3.63) is 72.0 Å². The van der Waals surface area contributed by atoms with E-state index >= 15 is 0 Å². The van der Waals surface area contributed by atoms with Gasteiger partial charge in [-0.05, 0) is 37.3 Å². The maximum atomic E-state index is 4.93. The molecule has 0 radical (unpaired) electrons. The second-order valence-electron chi connectivity index (χ2n) is 7.13. The maximum Gasteiger partial charge on any atom is 0.181 e. The van der Waals surface area contributed by atoms with Crippen LogP contribution in [0, 0.1) is 6.92 Å². The summed E-state index contributed by atoms with van der Waals surface area (Å²) in [6.07, 6.45) is 5.42. The molecular weight excluding hydrogens is 392 g/mol. The van der Waals surface area contributed by atoms with Gasteiger partial charge in [-0.15, -0.1) is 11.3 Å². The van der Waals surface area contributed by atoms with Crippen molar-refractivity contribution in [2.45, 2.75) is 6.92 Å². The molecule has 0 saturated heterocycles. The van der Waals surface area contributed by atoms with E-state index in [4.69, 9.17) is 4.98 Å². The van der Waals surface area contributed by atoms with Gasteiger partial charge in [-0.2, -0.15) is 5.10 Å². The summed E-state index contributed by atoms with van der Waals surface area (Å²) in [4.78, 5) is 19.6. The Balaban J connectivity index is 1.52. The summed E-state index contributed by atoms with van der Waals surface area (Å²) in [7, 11) is 0. The molecule has 0 fully saturated rings. The van der Waals surface area contributed by atoms with Gasteiger partial charge < -0.3 is 4.98 Å². The fourth-order valence-electron chi connectivity index (χ4n) is 3.70. The Bertz CT molecular complexity index is 1510. The number of nitrogens with one attached hydrogen (secondary N) is 2. The summed E-state index contributed by atoms with van der Waals surface area (Å²) < 4.78 is 0. The molecule has 0 spiro atoms. The van der Waals surface area contributed by atoms with E-state index in [1.165, 1.54) is 9.75 Å². The minimum atomic E-state index is 0.659. The number of aromatic nitrogens is 6. The van der Waals surface area contributed by atoms with Gasteiger partial charge >= 0.3 is 0 Å². The highest BCUT2D eigenvalue weighted by atomic mass is 32.1. The van der Waals surface area contributed by atoms with E-state index in [-0.39, 0.29) is 0 Å². The summed E-state index contributed by atoms with van der Waals surface area (Å²) in [6.45, 7) is 2.12. The van der Waals surface area contributed by atoms with Crippen LogP contribution >= 0.6 is 11.3 Å². The number of imidazole rings is 1. The molecule has 7 heteroatoms. The Morgan fingerprint density at radius 2 is 1.93 bits per heavy atom. The molecule has 0 atom stereocenters. The van der Waals surface area contributed by atoms with Crippen LogP contribution in [0.1, 0.15) is 4.88 Å². The second kappa shape index (κ2) is 6.60. The lowest BCUT2D eigenvalue weighted by Gasteiger charge is -2.00. The van der Waals surface area contributed by atoms with Crippen molar-refractivity contribution >= 4 is 33.4 Å². The SMILES string of the molecule is Cc1ccc(-c2cccc3[nH]c(-c4[nH]nc5ncc(-c6cccnc6)cc45)nc23)s1. The van der Waals surface area contributed by atoms with E-state index in [1.54, 1.807) is 17.5 Å². The highest BCUT2D eigenvalue weighted by Crippen LogP contribution is 2.35. The molecule has 0 aliphatic rings. The average Bonchev–Trinajstić information content (AvgIpc) is 3.51. The van der Waals surface area contributed by atoms with Crippen LogP contribution in [-0.4, -0.2) is 30.1 Å². The van der Waals surface area contributed by atoms with E-state index in [2.05, 4.69) is 62.4 Å². The average molecular weight is 408 g/mol. The molecule has 0 amide bonds. The standard InChI is InChI=1S/C23H16N6S/c1-13-7-8-19(30-13)16-5-2-6-18-20(16)27-23(26-18)21-17-10-15(12-25-22(17)29-28-21)14-4-3-9-24-11-14/h2-12H,1H3,(H,26,27)(H,25,28,29). The molecule has 0 saturated carbocycles. The van der Waals surface area contributed by atoms with Gasteiger partial charge in [0.25, 0.3) is 0 Å². The van der Waals surface area contributed by atoms with Crippen molar-refractivity contribution in [1.82, 2.24) is 30.1 Å². The number of thiophene rings is 1. The van der Waals surface area contributed by atoms with Crippen molar-refractivity contribution in [2.75, 3.05) is 0 Å². The summed E-state index contributed by atoms with van der Waals surface area (Å²) >= 11 is 1.77. The van der Waals surface area contributed by atoms with Crippen LogP contribution in [0.2, 0.25) is 0 Å². The van der Waals surface area contributed by atoms with Crippen molar-refractivity contribution in [3.63, 3.8) is 0 Å². The Hall–Kier alpha value is -3.84. The molecule has 30 heavy (non-hydrogen) atoms. The third-order valence-corrected chi connectivity index (χ3v) is 6.19. The third kappa shape index (κ3) is 2.71. The van der Waals surface area contributed by atoms with Gasteiger partial charge in [0, 0.05) is 45.0 Å². The fraction of sp³-hybridized carbons (Fsp3) is 0.0435. The number of hydrogen-bond donors (Lipinski definition) is 2.